The Morgan fingerprint density at radius 3 is 2.50 bits per heavy atom. The fourth-order valence-electron chi connectivity index (χ4n) is 4.05. The molecule has 1 unspecified atom stereocenters. The van der Waals surface area contributed by atoms with Crippen LogP contribution in [0.4, 0.5) is 19.1 Å². The molecule has 2 aliphatic rings. The summed E-state index contributed by atoms with van der Waals surface area (Å²) in [5.74, 6) is 1.32. The van der Waals surface area contributed by atoms with Crippen molar-refractivity contribution in [1.29, 1.82) is 0 Å². The van der Waals surface area contributed by atoms with Gasteiger partial charge in [0.05, 0.1) is 18.8 Å². The van der Waals surface area contributed by atoms with Crippen molar-refractivity contribution in [2.75, 3.05) is 24.6 Å². The van der Waals surface area contributed by atoms with Crippen molar-refractivity contribution < 1.29 is 17.9 Å². The summed E-state index contributed by atoms with van der Waals surface area (Å²) < 4.78 is 35.0. The highest BCUT2D eigenvalue weighted by molar-refractivity contribution is 5.79. The van der Waals surface area contributed by atoms with Crippen molar-refractivity contribution >= 4 is 17.0 Å². The van der Waals surface area contributed by atoms with Crippen LogP contribution in [0.2, 0.25) is 0 Å². The van der Waals surface area contributed by atoms with Gasteiger partial charge in [0.2, 0.25) is 5.95 Å². The largest absolute Gasteiger partial charge is 0.379 e. The minimum Gasteiger partial charge on any atom is -0.370 e. The van der Waals surface area contributed by atoms with Gasteiger partial charge in [0, 0.05) is 35.4 Å². The number of fused-ring (bicyclic) bond motifs is 1. The Hall–Kier alpha value is -2.81. The minimum atomic E-state index is -3.67. The van der Waals surface area contributed by atoms with Crippen LogP contribution in [0.1, 0.15) is 53.9 Å². The van der Waals surface area contributed by atoms with E-state index in [1.165, 1.54) is 25.0 Å². The Morgan fingerprint density at radius 2 is 1.81 bits per heavy atom. The van der Waals surface area contributed by atoms with Crippen LogP contribution in [-0.2, 0) is 4.74 Å². The average Bonchev–Trinajstić information content (AvgIpc) is 2.72. The van der Waals surface area contributed by atoms with Gasteiger partial charge in [0.15, 0.2) is 5.65 Å². The van der Waals surface area contributed by atoms with E-state index in [1.54, 1.807) is 0 Å². The number of aryl methyl sites for hydroxylation is 2. The number of aromatic nitrogens is 4. The van der Waals surface area contributed by atoms with E-state index in [0.717, 1.165) is 47.0 Å². The molecule has 4 heterocycles. The first-order valence-electron chi connectivity index (χ1n) is 10.8. The number of alkyl halides is 3. The molecule has 32 heavy (non-hydrogen) atoms. The predicted octanol–water partition coefficient (Wildman–Crippen LogP) is 5.06. The molecule has 0 aromatic carbocycles. The van der Waals surface area contributed by atoms with Crippen molar-refractivity contribution in [2.24, 2.45) is 0 Å². The van der Waals surface area contributed by atoms with Crippen molar-refractivity contribution in [3.05, 3.63) is 53.1 Å². The number of morpholine rings is 1. The monoisotopic (exact) mass is 445 g/mol. The average molecular weight is 445 g/mol. The van der Waals surface area contributed by atoms with Gasteiger partial charge in [0.1, 0.15) is 6.10 Å². The van der Waals surface area contributed by atoms with Crippen LogP contribution in [0.15, 0.2) is 30.5 Å². The minimum absolute atomic E-state index is 0.00682. The third-order valence-electron chi connectivity index (χ3n) is 5.85. The second-order valence-corrected chi connectivity index (χ2v) is 8.14. The van der Waals surface area contributed by atoms with E-state index in [2.05, 4.69) is 28.1 Å². The van der Waals surface area contributed by atoms with Gasteiger partial charge in [-0.1, -0.05) is 6.42 Å². The van der Waals surface area contributed by atoms with Gasteiger partial charge in [-0.05, 0) is 56.5 Å². The molecule has 9 heteroatoms. The lowest BCUT2D eigenvalue weighted by atomic mass is 9.82. The lowest BCUT2D eigenvalue weighted by molar-refractivity contribution is 0.00819. The Kier molecular flexibility index (Phi) is 6.83. The van der Waals surface area contributed by atoms with E-state index in [-0.39, 0.29) is 6.10 Å². The Labute approximate surface area is 184 Å². The summed E-state index contributed by atoms with van der Waals surface area (Å²) in [4.78, 5) is 21.1. The maximum absolute atomic E-state index is 9.67. The molecule has 1 saturated heterocycles. The molecule has 6 nitrogen and oxygen atoms in total. The molecule has 0 amide bonds. The number of hydrogen-bond donors (Lipinski definition) is 0. The number of pyridine rings is 2. The summed E-state index contributed by atoms with van der Waals surface area (Å²) in [5, 5.41) is 1.11. The highest BCUT2D eigenvalue weighted by Gasteiger charge is 2.28. The summed E-state index contributed by atoms with van der Waals surface area (Å²) in [6.07, 6.45) is 5.56. The lowest BCUT2D eigenvalue weighted by Gasteiger charge is -2.34. The second kappa shape index (κ2) is 9.77. The third kappa shape index (κ3) is 5.15. The first-order valence-corrected chi connectivity index (χ1v) is 10.8. The van der Waals surface area contributed by atoms with Gasteiger partial charge in [-0.3, -0.25) is 4.98 Å². The van der Waals surface area contributed by atoms with E-state index in [0.29, 0.717) is 12.5 Å². The molecule has 170 valence electrons. The Bertz CT molecular complexity index is 1070. The van der Waals surface area contributed by atoms with E-state index in [9.17, 15) is 13.2 Å². The number of hydrogen-bond acceptors (Lipinski definition) is 6. The van der Waals surface area contributed by atoms with Crippen LogP contribution < -0.4 is 4.90 Å². The molecule has 0 spiro atoms. The molecule has 0 radical (unpaired) electrons. The highest BCUT2D eigenvalue weighted by atomic mass is 19.4. The normalized spacial score (nSPS) is 18.9. The highest BCUT2D eigenvalue weighted by Crippen LogP contribution is 2.39. The van der Waals surface area contributed by atoms with Crippen LogP contribution in [-0.4, -0.2) is 46.3 Å². The number of rotatable bonds is 3. The zero-order valence-corrected chi connectivity index (χ0v) is 18.1. The van der Waals surface area contributed by atoms with E-state index in [1.807, 2.05) is 26.1 Å². The van der Waals surface area contributed by atoms with Crippen molar-refractivity contribution in [1.82, 2.24) is 19.9 Å². The molecule has 3 aromatic rings. The molecular formula is C23H26F3N5O. The number of halogens is 3. The van der Waals surface area contributed by atoms with Gasteiger partial charge >= 0.3 is 6.68 Å². The first-order chi connectivity index (χ1) is 15.4. The van der Waals surface area contributed by atoms with Crippen LogP contribution >= 0.6 is 0 Å². The number of anilines is 1. The van der Waals surface area contributed by atoms with Gasteiger partial charge in [-0.25, -0.2) is 9.97 Å². The van der Waals surface area contributed by atoms with E-state index < -0.39 is 6.68 Å². The fraction of sp³-hybridized carbons (Fsp3) is 0.478. The topological polar surface area (TPSA) is 64.0 Å². The molecule has 1 aliphatic heterocycles. The van der Waals surface area contributed by atoms with Crippen LogP contribution in [0.3, 0.4) is 0 Å². The molecule has 5 rings (SSSR count). The molecule has 1 aliphatic carbocycles. The Morgan fingerprint density at radius 1 is 1.03 bits per heavy atom. The standard InChI is InChI=1S/C22H25N5O.CHF3/c1-14-6-7-18-20(16-4-3-5-16)25-22(26-21(18)24-14)27-10-11-28-19(13-27)17-8-9-23-15(2)12-17;2-1(3)4/h6-9,12,16,19H,3-5,10-11,13H2,1-2H3;1H. The lowest BCUT2D eigenvalue weighted by Crippen LogP contribution is -2.39. The van der Waals surface area contributed by atoms with Crippen LogP contribution in [0.25, 0.3) is 11.0 Å². The smallest absolute Gasteiger partial charge is 0.370 e. The zero-order valence-electron chi connectivity index (χ0n) is 18.1. The van der Waals surface area contributed by atoms with Gasteiger partial charge in [-0.15, -0.1) is 0 Å². The van der Waals surface area contributed by atoms with Gasteiger partial charge in [-0.2, -0.15) is 18.2 Å². The number of nitrogens with zero attached hydrogens (tertiary/aromatic N) is 5. The fourth-order valence-corrected chi connectivity index (χ4v) is 4.05. The second-order valence-electron chi connectivity index (χ2n) is 8.14. The third-order valence-corrected chi connectivity index (χ3v) is 5.85. The molecule has 0 bridgehead atoms. The maximum Gasteiger partial charge on any atom is 0.379 e. The quantitative estimate of drug-likeness (QED) is 0.562. The summed E-state index contributed by atoms with van der Waals surface area (Å²) in [6.45, 7) is 2.55. The maximum atomic E-state index is 9.67. The van der Waals surface area contributed by atoms with E-state index in [4.69, 9.17) is 19.7 Å². The van der Waals surface area contributed by atoms with Crippen LogP contribution in [0.5, 0.6) is 0 Å². The number of ether oxygens (including phenoxy) is 1. The van der Waals surface area contributed by atoms with Gasteiger partial charge in [0.25, 0.3) is 0 Å². The van der Waals surface area contributed by atoms with Crippen molar-refractivity contribution in [3.8, 4) is 0 Å². The zero-order chi connectivity index (χ0) is 22.7. The molecule has 2 fully saturated rings. The molecular weight excluding hydrogens is 419 g/mol. The predicted molar refractivity (Wildman–Crippen MR) is 116 cm³/mol. The summed E-state index contributed by atoms with van der Waals surface area (Å²) in [7, 11) is 0. The molecule has 1 saturated carbocycles. The van der Waals surface area contributed by atoms with E-state index >= 15 is 0 Å². The molecule has 1 atom stereocenters. The first kappa shape index (κ1) is 22.4. The molecule has 0 N–H and O–H groups in total. The SMILES string of the molecule is Cc1cc(C2CN(c3nc(C4CCC4)c4ccc(C)nc4n3)CCO2)ccn1.FC(F)F. The summed E-state index contributed by atoms with van der Waals surface area (Å²) in [5.41, 5.74) is 5.14. The summed E-state index contributed by atoms with van der Waals surface area (Å²) >= 11 is 0. The van der Waals surface area contributed by atoms with Gasteiger partial charge < -0.3 is 9.64 Å². The van der Waals surface area contributed by atoms with Crippen molar-refractivity contribution in [3.63, 3.8) is 0 Å². The van der Waals surface area contributed by atoms with Crippen LogP contribution in [0, 0.1) is 13.8 Å². The Balaban J connectivity index is 0.000000567. The molecule has 3 aromatic heterocycles. The van der Waals surface area contributed by atoms with Crippen molar-refractivity contribution in [2.45, 2.75) is 51.8 Å². The summed E-state index contributed by atoms with van der Waals surface area (Å²) in [6, 6.07) is 8.33.